The van der Waals surface area contributed by atoms with E-state index in [0.29, 0.717) is 17.9 Å². The molecule has 0 spiro atoms. The van der Waals surface area contributed by atoms with Gasteiger partial charge in [0.15, 0.2) is 5.11 Å². The molecule has 2 N–H and O–H groups in total. The quantitative estimate of drug-likeness (QED) is 0.577. The molecule has 0 saturated heterocycles. The summed E-state index contributed by atoms with van der Waals surface area (Å²) in [6.07, 6.45) is 0. The predicted octanol–water partition coefficient (Wildman–Crippen LogP) is 3.82. The topological polar surface area (TPSA) is 50.4 Å². The normalized spacial score (nSPS) is 9.91. The lowest BCUT2D eigenvalue weighted by atomic mass is 10.2. The van der Waals surface area contributed by atoms with Crippen LogP contribution in [-0.2, 0) is 0 Å². The highest BCUT2D eigenvalue weighted by Gasteiger charge is 2.13. The number of halogens is 1. The maximum atomic E-state index is 12.3. The summed E-state index contributed by atoms with van der Waals surface area (Å²) < 4.78 is 6.57. The zero-order chi connectivity index (χ0) is 15.9. The Hall–Kier alpha value is -1.67. The Morgan fingerprint density at radius 1 is 1.18 bits per heavy atom. The van der Waals surface area contributed by atoms with E-state index in [0.717, 1.165) is 9.26 Å². The van der Waals surface area contributed by atoms with Crippen LogP contribution >= 0.6 is 34.8 Å². The number of hydrogen-bond donors (Lipinski definition) is 2. The first-order valence-electron chi connectivity index (χ1n) is 6.70. The summed E-state index contributed by atoms with van der Waals surface area (Å²) in [6, 6.07) is 14.8. The lowest BCUT2D eigenvalue weighted by Gasteiger charge is -2.12. The van der Waals surface area contributed by atoms with E-state index < -0.39 is 0 Å². The highest BCUT2D eigenvalue weighted by molar-refractivity contribution is 14.1. The van der Waals surface area contributed by atoms with Gasteiger partial charge in [-0.3, -0.25) is 10.1 Å². The van der Waals surface area contributed by atoms with Crippen molar-refractivity contribution in [3.8, 4) is 5.75 Å². The molecular weight excluding hydrogens is 411 g/mol. The van der Waals surface area contributed by atoms with Crippen LogP contribution in [0.4, 0.5) is 5.69 Å². The van der Waals surface area contributed by atoms with Crippen molar-refractivity contribution in [1.29, 1.82) is 0 Å². The van der Waals surface area contributed by atoms with Gasteiger partial charge in [0.05, 0.1) is 12.2 Å². The Labute approximate surface area is 148 Å². The van der Waals surface area contributed by atoms with Gasteiger partial charge < -0.3 is 10.1 Å². The zero-order valence-electron chi connectivity index (χ0n) is 11.9. The summed E-state index contributed by atoms with van der Waals surface area (Å²) in [5.41, 5.74) is 1.28. The zero-order valence-corrected chi connectivity index (χ0v) is 14.9. The van der Waals surface area contributed by atoms with Gasteiger partial charge in [0.2, 0.25) is 0 Å². The van der Waals surface area contributed by atoms with Crippen LogP contribution in [0, 0.1) is 3.57 Å². The number of carbonyl (C=O) groups excluding carboxylic acids is 1. The molecule has 2 rings (SSSR count). The van der Waals surface area contributed by atoms with Crippen molar-refractivity contribution < 1.29 is 9.53 Å². The van der Waals surface area contributed by atoms with E-state index in [2.05, 4.69) is 33.2 Å². The number of amides is 1. The molecule has 2 aromatic carbocycles. The van der Waals surface area contributed by atoms with Crippen LogP contribution in [0.1, 0.15) is 17.3 Å². The lowest BCUT2D eigenvalue weighted by Crippen LogP contribution is -2.34. The van der Waals surface area contributed by atoms with Gasteiger partial charge in [0, 0.05) is 9.26 Å². The first kappa shape index (κ1) is 16.7. The molecule has 0 saturated carbocycles. The minimum Gasteiger partial charge on any atom is -0.493 e. The molecule has 22 heavy (non-hydrogen) atoms. The van der Waals surface area contributed by atoms with Gasteiger partial charge in [-0.25, -0.2) is 0 Å². The van der Waals surface area contributed by atoms with Crippen molar-refractivity contribution in [2.75, 3.05) is 11.9 Å². The number of para-hydroxylation sites is 1. The molecule has 1 amide bonds. The smallest absolute Gasteiger partial charge is 0.261 e. The Kier molecular flexibility index (Phi) is 6.14. The van der Waals surface area contributed by atoms with E-state index in [9.17, 15) is 4.79 Å². The molecule has 0 aliphatic carbocycles. The number of ether oxygens (including phenoxy) is 1. The van der Waals surface area contributed by atoms with Crippen LogP contribution in [0.2, 0.25) is 0 Å². The van der Waals surface area contributed by atoms with Gasteiger partial charge in [0.25, 0.3) is 5.91 Å². The molecule has 0 heterocycles. The second-order valence-electron chi connectivity index (χ2n) is 4.34. The minimum atomic E-state index is -0.299. The monoisotopic (exact) mass is 426 g/mol. The number of thiocarbonyl (C=S) groups is 1. The van der Waals surface area contributed by atoms with E-state index in [1.54, 1.807) is 18.2 Å². The lowest BCUT2D eigenvalue weighted by molar-refractivity contribution is 0.0974. The van der Waals surface area contributed by atoms with Crippen LogP contribution in [0.5, 0.6) is 5.75 Å². The maximum Gasteiger partial charge on any atom is 0.261 e. The van der Waals surface area contributed by atoms with Crippen LogP contribution in [0.3, 0.4) is 0 Å². The van der Waals surface area contributed by atoms with Crippen LogP contribution in [0.25, 0.3) is 0 Å². The largest absolute Gasteiger partial charge is 0.493 e. The summed E-state index contributed by atoms with van der Waals surface area (Å²) in [5.74, 6) is 0.242. The maximum absolute atomic E-state index is 12.3. The van der Waals surface area contributed by atoms with Gasteiger partial charge in [-0.15, -0.1) is 0 Å². The number of benzene rings is 2. The van der Waals surface area contributed by atoms with Crippen LogP contribution in [0.15, 0.2) is 48.5 Å². The highest BCUT2D eigenvalue weighted by atomic mass is 127. The van der Waals surface area contributed by atoms with E-state index in [1.165, 1.54) is 0 Å². The predicted molar refractivity (Wildman–Crippen MR) is 100 cm³/mol. The number of carbonyl (C=O) groups is 1. The van der Waals surface area contributed by atoms with Crippen LogP contribution < -0.4 is 15.4 Å². The van der Waals surface area contributed by atoms with Crippen molar-refractivity contribution in [2.24, 2.45) is 0 Å². The minimum absolute atomic E-state index is 0.248. The van der Waals surface area contributed by atoms with Crippen LogP contribution in [-0.4, -0.2) is 17.6 Å². The molecule has 4 nitrogen and oxygen atoms in total. The van der Waals surface area contributed by atoms with Gasteiger partial charge in [-0.1, -0.05) is 12.1 Å². The summed E-state index contributed by atoms with van der Waals surface area (Å²) in [5, 5.41) is 5.88. The summed E-state index contributed by atoms with van der Waals surface area (Å²) >= 11 is 7.39. The second-order valence-corrected chi connectivity index (χ2v) is 6.00. The molecule has 0 atom stereocenters. The standard InChI is InChI=1S/C16H15IN2O2S/c1-2-21-14-6-4-3-5-13(14)15(20)19-16(22)18-12-9-7-11(17)8-10-12/h3-10H,2H2,1H3,(H2,18,19,20,22). The first-order chi connectivity index (χ1) is 10.6. The fraction of sp³-hybridized carbons (Fsp3) is 0.125. The van der Waals surface area contributed by atoms with Crippen molar-refractivity contribution in [3.63, 3.8) is 0 Å². The average Bonchev–Trinajstić information content (AvgIpc) is 2.50. The van der Waals surface area contributed by atoms with E-state index in [-0.39, 0.29) is 11.0 Å². The Balaban J connectivity index is 2.02. The molecular formula is C16H15IN2O2S. The fourth-order valence-electron chi connectivity index (χ4n) is 1.80. The SMILES string of the molecule is CCOc1ccccc1C(=O)NC(=S)Nc1ccc(I)cc1. The van der Waals surface area contributed by atoms with E-state index in [1.807, 2.05) is 37.3 Å². The third kappa shape index (κ3) is 4.67. The molecule has 0 radical (unpaired) electrons. The Bertz CT molecular complexity index is 674. The summed E-state index contributed by atoms with van der Waals surface area (Å²) in [4.78, 5) is 12.3. The van der Waals surface area contributed by atoms with Gasteiger partial charge in [-0.2, -0.15) is 0 Å². The average molecular weight is 426 g/mol. The van der Waals surface area contributed by atoms with Crippen molar-refractivity contribution in [3.05, 3.63) is 57.7 Å². The molecule has 2 aromatic rings. The third-order valence-corrected chi connectivity index (χ3v) is 3.68. The molecule has 0 aromatic heterocycles. The number of hydrogen-bond acceptors (Lipinski definition) is 3. The van der Waals surface area contributed by atoms with Crippen molar-refractivity contribution >= 4 is 51.5 Å². The summed E-state index contributed by atoms with van der Waals surface area (Å²) in [7, 11) is 0. The Morgan fingerprint density at radius 2 is 1.86 bits per heavy atom. The fourth-order valence-corrected chi connectivity index (χ4v) is 2.37. The Morgan fingerprint density at radius 3 is 2.55 bits per heavy atom. The molecule has 0 aliphatic rings. The van der Waals surface area contributed by atoms with Crippen molar-refractivity contribution in [2.45, 2.75) is 6.92 Å². The van der Waals surface area contributed by atoms with E-state index in [4.69, 9.17) is 17.0 Å². The van der Waals surface area contributed by atoms with E-state index >= 15 is 0 Å². The molecule has 114 valence electrons. The molecule has 0 fully saturated rings. The van der Waals surface area contributed by atoms with Crippen molar-refractivity contribution in [1.82, 2.24) is 5.32 Å². The second kappa shape index (κ2) is 8.09. The summed E-state index contributed by atoms with van der Waals surface area (Å²) in [6.45, 7) is 2.37. The molecule has 0 unspecified atom stereocenters. The molecule has 0 aliphatic heterocycles. The highest BCUT2D eigenvalue weighted by Crippen LogP contribution is 2.18. The number of rotatable bonds is 4. The molecule has 6 heteroatoms. The van der Waals surface area contributed by atoms with Gasteiger partial charge in [-0.05, 0) is 78.1 Å². The van der Waals surface area contributed by atoms with Gasteiger partial charge >= 0.3 is 0 Å². The first-order valence-corrected chi connectivity index (χ1v) is 8.18. The molecule has 0 bridgehead atoms. The third-order valence-electron chi connectivity index (χ3n) is 2.76. The number of anilines is 1. The van der Waals surface area contributed by atoms with Gasteiger partial charge in [0.1, 0.15) is 5.75 Å². The number of nitrogens with one attached hydrogen (secondary N) is 2.